The summed E-state index contributed by atoms with van der Waals surface area (Å²) in [5.41, 5.74) is 1.92. The molecule has 1 aliphatic carbocycles. The number of Topliss-reactive ketones (excluding diaryl/α,β-unsaturated/α-hetero) is 1. The third kappa shape index (κ3) is 2.87. The number of rotatable bonds is 3. The molecule has 2 atom stereocenters. The first-order valence-corrected chi connectivity index (χ1v) is 11.3. The maximum Gasteiger partial charge on any atom is 0.264 e. The van der Waals surface area contributed by atoms with Crippen molar-refractivity contribution in [3.05, 3.63) is 113 Å². The molecule has 0 aromatic heterocycles. The summed E-state index contributed by atoms with van der Waals surface area (Å²) in [7, 11) is 0. The van der Waals surface area contributed by atoms with Crippen LogP contribution in [0.1, 0.15) is 33.5 Å². The van der Waals surface area contributed by atoms with Crippen LogP contribution < -0.4 is 4.90 Å². The summed E-state index contributed by atoms with van der Waals surface area (Å²) < 4.78 is 0. The number of aliphatic hydroxyl groups is 1. The molecule has 4 nitrogen and oxygen atoms in total. The molecule has 1 amide bonds. The highest BCUT2D eigenvalue weighted by molar-refractivity contribution is 6.12. The van der Waals surface area contributed by atoms with Gasteiger partial charge in [0.15, 0.2) is 11.4 Å². The Labute approximate surface area is 192 Å². The lowest BCUT2D eigenvalue weighted by Gasteiger charge is -2.34. The highest BCUT2D eigenvalue weighted by Crippen LogP contribution is 2.48. The van der Waals surface area contributed by atoms with Crippen LogP contribution in [0, 0.1) is 5.92 Å². The predicted octanol–water partition coefficient (Wildman–Crippen LogP) is 5.02. The Kier molecular flexibility index (Phi) is 4.46. The molecule has 0 spiro atoms. The maximum atomic E-state index is 13.9. The molecule has 2 aliphatic rings. The minimum absolute atomic E-state index is 0.158. The molecule has 0 saturated heterocycles. The fourth-order valence-electron chi connectivity index (χ4n) is 5.55. The van der Waals surface area contributed by atoms with Crippen molar-refractivity contribution < 1.29 is 14.7 Å². The number of nitrogens with zero attached hydrogens (tertiary/aromatic N) is 1. The molecule has 2 unspecified atom stereocenters. The van der Waals surface area contributed by atoms with Crippen molar-refractivity contribution in [2.24, 2.45) is 5.92 Å². The van der Waals surface area contributed by atoms with Crippen LogP contribution in [0.4, 0.5) is 5.69 Å². The second-order valence-electron chi connectivity index (χ2n) is 8.93. The van der Waals surface area contributed by atoms with E-state index in [-0.39, 0.29) is 5.78 Å². The molecule has 162 valence electrons. The van der Waals surface area contributed by atoms with Crippen LogP contribution in [0.5, 0.6) is 0 Å². The number of fused-ring (bicyclic) bond motifs is 3. The summed E-state index contributed by atoms with van der Waals surface area (Å²) >= 11 is 0. The summed E-state index contributed by atoms with van der Waals surface area (Å²) in [4.78, 5) is 29.0. The number of amides is 1. The van der Waals surface area contributed by atoms with E-state index in [1.165, 1.54) is 0 Å². The zero-order valence-corrected chi connectivity index (χ0v) is 18.1. The maximum absolute atomic E-state index is 13.9. The Bertz CT molecular complexity index is 1420. The number of hydrogen-bond acceptors (Lipinski definition) is 3. The Morgan fingerprint density at radius 2 is 1.58 bits per heavy atom. The third-order valence-corrected chi connectivity index (χ3v) is 7.19. The molecular weight excluding hydrogens is 410 g/mol. The van der Waals surface area contributed by atoms with Crippen LogP contribution in [0.15, 0.2) is 91.0 Å². The average molecular weight is 434 g/mol. The van der Waals surface area contributed by atoms with Gasteiger partial charge < -0.3 is 10.0 Å². The van der Waals surface area contributed by atoms with Gasteiger partial charge in [0.25, 0.3) is 5.91 Å². The van der Waals surface area contributed by atoms with Gasteiger partial charge in [-0.25, -0.2) is 0 Å². The van der Waals surface area contributed by atoms with Gasteiger partial charge in [-0.2, -0.15) is 0 Å². The van der Waals surface area contributed by atoms with Crippen LogP contribution in [0.2, 0.25) is 0 Å². The molecule has 0 radical (unpaired) electrons. The lowest BCUT2D eigenvalue weighted by Crippen LogP contribution is -2.49. The van der Waals surface area contributed by atoms with Gasteiger partial charge in [0, 0.05) is 11.1 Å². The molecule has 4 aromatic carbocycles. The van der Waals surface area contributed by atoms with Gasteiger partial charge in [-0.05, 0) is 40.8 Å². The second-order valence-corrected chi connectivity index (χ2v) is 8.93. The molecular formula is C29H23NO3. The summed E-state index contributed by atoms with van der Waals surface area (Å²) in [5.74, 6) is -1.39. The van der Waals surface area contributed by atoms with Crippen molar-refractivity contribution in [3.8, 4) is 0 Å². The van der Waals surface area contributed by atoms with Gasteiger partial charge in [-0.15, -0.1) is 0 Å². The number of hydrogen-bond donors (Lipinski definition) is 1. The molecule has 6 rings (SSSR count). The van der Waals surface area contributed by atoms with Crippen molar-refractivity contribution in [3.63, 3.8) is 0 Å². The van der Waals surface area contributed by atoms with Crippen molar-refractivity contribution in [1.29, 1.82) is 0 Å². The van der Waals surface area contributed by atoms with Gasteiger partial charge >= 0.3 is 0 Å². The van der Waals surface area contributed by atoms with Crippen molar-refractivity contribution >= 4 is 28.2 Å². The zero-order valence-electron chi connectivity index (χ0n) is 18.1. The Balaban J connectivity index is 1.44. The van der Waals surface area contributed by atoms with Crippen LogP contribution in [0.3, 0.4) is 0 Å². The largest absolute Gasteiger partial charge is 0.375 e. The molecule has 33 heavy (non-hydrogen) atoms. The highest BCUT2D eigenvalue weighted by Gasteiger charge is 2.57. The lowest BCUT2D eigenvalue weighted by molar-refractivity contribution is -0.140. The Hall–Kier alpha value is -3.76. The van der Waals surface area contributed by atoms with Gasteiger partial charge in [0.1, 0.15) is 0 Å². The molecule has 1 N–H and O–H groups in total. The van der Waals surface area contributed by atoms with Gasteiger partial charge in [0.05, 0.1) is 18.2 Å². The Morgan fingerprint density at radius 3 is 2.48 bits per heavy atom. The van der Waals surface area contributed by atoms with Gasteiger partial charge in [0.2, 0.25) is 0 Å². The number of ketones is 1. The molecule has 0 saturated carbocycles. The van der Waals surface area contributed by atoms with Crippen LogP contribution in [0.25, 0.3) is 10.8 Å². The number of anilines is 1. The number of benzene rings is 4. The van der Waals surface area contributed by atoms with E-state index in [4.69, 9.17) is 0 Å². The van der Waals surface area contributed by atoms with E-state index in [2.05, 4.69) is 0 Å². The van der Waals surface area contributed by atoms with Crippen molar-refractivity contribution in [2.45, 2.75) is 25.0 Å². The van der Waals surface area contributed by atoms with E-state index in [9.17, 15) is 14.7 Å². The van der Waals surface area contributed by atoms with E-state index in [1.54, 1.807) is 17.0 Å². The number of carbonyl (C=O) groups is 2. The molecule has 4 heteroatoms. The van der Waals surface area contributed by atoms with E-state index in [0.717, 1.165) is 21.9 Å². The second kappa shape index (κ2) is 7.39. The number of carbonyl (C=O) groups excluding carboxylic acids is 2. The number of para-hydroxylation sites is 1. The van der Waals surface area contributed by atoms with E-state index in [1.807, 2.05) is 78.9 Å². The quantitative estimate of drug-likeness (QED) is 0.494. The molecule has 0 bridgehead atoms. The minimum atomic E-state index is -1.87. The fraction of sp³-hybridized carbons (Fsp3) is 0.172. The van der Waals surface area contributed by atoms with Gasteiger partial charge in [-0.3, -0.25) is 9.59 Å². The first kappa shape index (κ1) is 19.9. The normalized spacial score (nSPS) is 21.8. The van der Waals surface area contributed by atoms with E-state index >= 15 is 0 Å². The monoisotopic (exact) mass is 433 g/mol. The summed E-state index contributed by atoms with van der Waals surface area (Å²) in [6, 6.07) is 28.9. The van der Waals surface area contributed by atoms with Gasteiger partial charge in [-0.1, -0.05) is 84.9 Å². The smallest absolute Gasteiger partial charge is 0.264 e. The zero-order chi connectivity index (χ0) is 22.6. The summed E-state index contributed by atoms with van der Waals surface area (Å²) in [6.45, 7) is 0.330. The minimum Gasteiger partial charge on any atom is -0.375 e. The SMILES string of the molecule is O=C1c2ccccc2CCC1C1(O)C(=O)N(Cc2cccc3ccccc23)c2ccccc21. The Morgan fingerprint density at radius 1 is 0.848 bits per heavy atom. The molecule has 0 fully saturated rings. The van der Waals surface area contributed by atoms with E-state index < -0.39 is 17.4 Å². The predicted molar refractivity (Wildman–Crippen MR) is 128 cm³/mol. The van der Waals surface area contributed by atoms with Crippen LogP contribution in [-0.4, -0.2) is 16.8 Å². The third-order valence-electron chi connectivity index (χ3n) is 7.19. The van der Waals surface area contributed by atoms with E-state index in [0.29, 0.717) is 36.2 Å². The number of aryl methyl sites for hydroxylation is 1. The van der Waals surface area contributed by atoms with Crippen LogP contribution in [-0.2, 0) is 23.4 Å². The first-order chi connectivity index (χ1) is 16.1. The lowest BCUT2D eigenvalue weighted by atomic mass is 9.71. The molecule has 1 heterocycles. The van der Waals surface area contributed by atoms with Crippen LogP contribution >= 0.6 is 0 Å². The first-order valence-electron chi connectivity index (χ1n) is 11.3. The topological polar surface area (TPSA) is 57.6 Å². The fourth-order valence-corrected chi connectivity index (χ4v) is 5.55. The standard InChI is InChI=1S/C29H23NO3/c31-27-23-13-4-2-9-20(23)16-17-25(27)29(33)24-14-5-6-15-26(24)30(28(29)32)18-21-11-7-10-19-8-1-3-12-22(19)21/h1-15,25,33H,16-18H2. The summed E-state index contributed by atoms with van der Waals surface area (Å²) in [6.07, 6.45) is 1.10. The molecule has 1 aliphatic heterocycles. The van der Waals surface area contributed by atoms with Crippen molar-refractivity contribution in [2.75, 3.05) is 4.90 Å². The highest BCUT2D eigenvalue weighted by atomic mass is 16.3. The van der Waals surface area contributed by atoms with Crippen molar-refractivity contribution in [1.82, 2.24) is 0 Å². The summed E-state index contributed by atoms with van der Waals surface area (Å²) in [5, 5.41) is 14.2. The molecule has 4 aromatic rings. The average Bonchev–Trinajstić information content (AvgIpc) is 3.07.